The van der Waals surface area contributed by atoms with E-state index in [0.717, 1.165) is 10.6 Å². The maximum atomic E-state index is 13.3. The van der Waals surface area contributed by atoms with E-state index in [-0.39, 0.29) is 5.41 Å². The molecular formula is C23H30FN5O3. The molecule has 2 aromatic rings. The van der Waals surface area contributed by atoms with Crippen molar-refractivity contribution < 1.29 is 18.8 Å². The van der Waals surface area contributed by atoms with Crippen molar-refractivity contribution in [2.24, 2.45) is 0 Å². The van der Waals surface area contributed by atoms with E-state index in [9.17, 15) is 18.8 Å². The van der Waals surface area contributed by atoms with E-state index >= 15 is 0 Å². The maximum Gasteiger partial charge on any atom is 0.325 e. The fraction of sp³-hybridized carbons (Fsp3) is 0.478. The molecule has 172 valence electrons. The number of benzene rings is 1. The molecule has 3 rings (SSSR count). The molecule has 1 aliphatic rings. The molecule has 2 heterocycles. The van der Waals surface area contributed by atoms with Gasteiger partial charge in [0.25, 0.3) is 5.91 Å². The molecule has 0 spiro atoms. The summed E-state index contributed by atoms with van der Waals surface area (Å²) in [7, 11) is 0. The molecule has 0 bridgehead atoms. The van der Waals surface area contributed by atoms with Gasteiger partial charge in [0.15, 0.2) is 0 Å². The number of urea groups is 1. The van der Waals surface area contributed by atoms with Crippen LogP contribution in [0.15, 0.2) is 30.3 Å². The Hall–Kier alpha value is -3.23. The van der Waals surface area contributed by atoms with Crippen LogP contribution in [-0.2, 0) is 26.1 Å². The zero-order valence-electron chi connectivity index (χ0n) is 19.5. The molecule has 32 heavy (non-hydrogen) atoms. The monoisotopic (exact) mass is 443 g/mol. The zero-order chi connectivity index (χ0) is 24.1. The first-order valence-corrected chi connectivity index (χ1v) is 10.4. The van der Waals surface area contributed by atoms with Gasteiger partial charge in [0.1, 0.15) is 23.7 Å². The number of anilines is 1. The van der Waals surface area contributed by atoms with Gasteiger partial charge in [-0.3, -0.25) is 14.5 Å². The van der Waals surface area contributed by atoms with Gasteiger partial charge in [0.05, 0.1) is 11.2 Å². The molecule has 8 nitrogen and oxygen atoms in total. The number of amides is 4. The molecule has 0 radical (unpaired) electrons. The summed E-state index contributed by atoms with van der Waals surface area (Å²) in [6.07, 6.45) is 0. The van der Waals surface area contributed by atoms with Gasteiger partial charge in [0, 0.05) is 11.5 Å². The highest BCUT2D eigenvalue weighted by atomic mass is 19.1. The topological polar surface area (TPSA) is 96.3 Å². The summed E-state index contributed by atoms with van der Waals surface area (Å²) in [5.74, 6) is -1.07. The number of carbonyl (C=O) groups is 3. The first-order valence-electron chi connectivity index (χ1n) is 10.4. The second kappa shape index (κ2) is 7.72. The Kier molecular flexibility index (Phi) is 5.65. The summed E-state index contributed by atoms with van der Waals surface area (Å²) in [6.45, 7) is 13.0. The SMILES string of the molecule is CC(C)(C)c1cc(NC(=O)CN2C(=O)NC(C)(c3ccc(F)cc3)C2=O)n(C(C)(C)C)n1. The van der Waals surface area contributed by atoms with Crippen LogP contribution in [0.5, 0.6) is 0 Å². The van der Waals surface area contributed by atoms with Gasteiger partial charge in [-0.1, -0.05) is 32.9 Å². The van der Waals surface area contributed by atoms with Crippen molar-refractivity contribution in [1.82, 2.24) is 20.0 Å². The summed E-state index contributed by atoms with van der Waals surface area (Å²) < 4.78 is 15.0. The van der Waals surface area contributed by atoms with Crippen molar-refractivity contribution in [1.29, 1.82) is 0 Å². The number of nitrogens with zero attached hydrogens (tertiary/aromatic N) is 3. The van der Waals surface area contributed by atoms with Crippen molar-refractivity contribution >= 4 is 23.7 Å². The van der Waals surface area contributed by atoms with E-state index in [1.807, 2.05) is 41.5 Å². The van der Waals surface area contributed by atoms with E-state index in [4.69, 9.17) is 0 Å². The normalized spacial score (nSPS) is 19.3. The number of rotatable bonds is 4. The Bertz CT molecular complexity index is 1060. The zero-order valence-corrected chi connectivity index (χ0v) is 19.5. The summed E-state index contributed by atoms with van der Waals surface area (Å²) >= 11 is 0. The molecule has 0 aliphatic carbocycles. The third-order valence-electron chi connectivity index (χ3n) is 5.38. The quantitative estimate of drug-likeness (QED) is 0.707. The Morgan fingerprint density at radius 1 is 1.12 bits per heavy atom. The lowest BCUT2D eigenvalue weighted by Gasteiger charge is -2.23. The minimum absolute atomic E-state index is 0.224. The number of hydrogen-bond donors (Lipinski definition) is 2. The smallest absolute Gasteiger partial charge is 0.319 e. The summed E-state index contributed by atoms with van der Waals surface area (Å²) in [6, 6.07) is 6.43. The Morgan fingerprint density at radius 3 is 2.25 bits per heavy atom. The highest BCUT2D eigenvalue weighted by Gasteiger charge is 2.49. The predicted octanol–water partition coefficient (Wildman–Crippen LogP) is 3.48. The van der Waals surface area contributed by atoms with E-state index in [1.165, 1.54) is 31.2 Å². The van der Waals surface area contributed by atoms with Gasteiger partial charge >= 0.3 is 6.03 Å². The van der Waals surface area contributed by atoms with Gasteiger partial charge in [-0.15, -0.1) is 0 Å². The summed E-state index contributed by atoms with van der Waals surface area (Å²) in [5.41, 5.74) is -0.758. The van der Waals surface area contributed by atoms with Crippen molar-refractivity contribution in [3.05, 3.63) is 47.4 Å². The number of hydrogen-bond acceptors (Lipinski definition) is 4. The molecule has 0 saturated carbocycles. The molecule has 1 aromatic carbocycles. The number of halogens is 1. The highest BCUT2D eigenvalue weighted by molar-refractivity contribution is 6.10. The van der Waals surface area contributed by atoms with Crippen LogP contribution in [0.2, 0.25) is 0 Å². The number of carbonyl (C=O) groups excluding carboxylic acids is 3. The number of aromatic nitrogens is 2. The van der Waals surface area contributed by atoms with Crippen molar-refractivity contribution in [2.75, 3.05) is 11.9 Å². The van der Waals surface area contributed by atoms with E-state index in [0.29, 0.717) is 11.4 Å². The van der Waals surface area contributed by atoms with Gasteiger partial charge < -0.3 is 10.6 Å². The van der Waals surface area contributed by atoms with E-state index in [1.54, 1.807) is 10.7 Å². The Morgan fingerprint density at radius 2 is 1.72 bits per heavy atom. The van der Waals surface area contributed by atoms with Crippen LogP contribution in [0.4, 0.5) is 15.0 Å². The fourth-order valence-corrected chi connectivity index (χ4v) is 3.49. The molecule has 1 aliphatic heterocycles. The van der Waals surface area contributed by atoms with E-state index < -0.39 is 41.3 Å². The maximum absolute atomic E-state index is 13.3. The van der Waals surface area contributed by atoms with Crippen LogP contribution in [0.1, 0.15) is 59.7 Å². The molecule has 9 heteroatoms. The lowest BCUT2D eigenvalue weighted by Crippen LogP contribution is -2.42. The van der Waals surface area contributed by atoms with Crippen LogP contribution in [0.25, 0.3) is 0 Å². The van der Waals surface area contributed by atoms with Gasteiger partial charge in [-0.2, -0.15) is 5.10 Å². The lowest BCUT2D eigenvalue weighted by molar-refractivity contribution is -0.133. The van der Waals surface area contributed by atoms with Crippen molar-refractivity contribution in [2.45, 2.75) is 65.0 Å². The van der Waals surface area contributed by atoms with Gasteiger partial charge in [-0.05, 0) is 45.4 Å². The second-order valence-corrected chi connectivity index (χ2v) is 10.2. The molecule has 4 amide bonds. The van der Waals surface area contributed by atoms with Crippen molar-refractivity contribution in [3.63, 3.8) is 0 Å². The van der Waals surface area contributed by atoms with Crippen LogP contribution >= 0.6 is 0 Å². The summed E-state index contributed by atoms with van der Waals surface area (Å²) in [5, 5.41) is 10.1. The average molecular weight is 444 g/mol. The molecule has 1 atom stereocenters. The minimum atomic E-state index is -1.38. The Labute approximate surface area is 187 Å². The second-order valence-electron chi connectivity index (χ2n) is 10.2. The number of nitrogens with one attached hydrogen (secondary N) is 2. The minimum Gasteiger partial charge on any atom is -0.319 e. The van der Waals surface area contributed by atoms with Crippen LogP contribution < -0.4 is 10.6 Å². The molecule has 1 fully saturated rings. The lowest BCUT2D eigenvalue weighted by atomic mass is 9.92. The Balaban J connectivity index is 1.81. The molecule has 2 N–H and O–H groups in total. The molecular weight excluding hydrogens is 413 g/mol. The van der Waals surface area contributed by atoms with Gasteiger partial charge in [0.2, 0.25) is 5.91 Å². The standard InChI is InChI=1S/C23H30FN5O3/c1-21(2,3)16-12-17(29(27-16)22(4,5)6)25-18(30)13-28-19(31)23(7,26-20(28)32)14-8-10-15(24)11-9-14/h8-12H,13H2,1-7H3,(H,25,30)(H,26,32). The van der Waals surface area contributed by atoms with Gasteiger partial charge in [-0.25, -0.2) is 13.9 Å². The first-order chi connectivity index (χ1) is 14.6. The van der Waals surface area contributed by atoms with Crippen LogP contribution in [0, 0.1) is 5.82 Å². The van der Waals surface area contributed by atoms with Crippen LogP contribution in [-0.4, -0.2) is 39.1 Å². The number of imide groups is 1. The first kappa shape index (κ1) is 23.4. The molecule has 1 unspecified atom stereocenters. The highest BCUT2D eigenvalue weighted by Crippen LogP contribution is 2.30. The van der Waals surface area contributed by atoms with E-state index in [2.05, 4.69) is 15.7 Å². The average Bonchev–Trinajstić information content (AvgIpc) is 3.18. The summed E-state index contributed by atoms with van der Waals surface area (Å²) in [4.78, 5) is 39.2. The third kappa shape index (κ3) is 4.37. The van der Waals surface area contributed by atoms with Crippen molar-refractivity contribution in [3.8, 4) is 0 Å². The fourth-order valence-electron chi connectivity index (χ4n) is 3.49. The predicted molar refractivity (Wildman–Crippen MR) is 119 cm³/mol. The largest absolute Gasteiger partial charge is 0.325 e. The molecule has 1 saturated heterocycles. The molecule has 1 aromatic heterocycles. The van der Waals surface area contributed by atoms with Crippen LogP contribution in [0.3, 0.4) is 0 Å². The third-order valence-corrected chi connectivity index (χ3v) is 5.38.